The first kappa shape index (κ1) is 45.7. The van der Waals surface area contributed by atoms with Crippen molar-refractivity contribution in [2.24, 2.45) is 34.5 Å². The Hall–Kier alpha value is -3.46. The number of hydrogen-bond donors (Lipinski definition) is 2. The van der Waals surface area contributed by atoms with E-state index in [-0.39, 0.29) is 24.0 Å². The van der Waals surface area contributed by atoms with E-state index in [4.69, 9.17) is 0 Å². The van der Waals surface area contributed by atoms with Crippen LogP contribution in [0.3, 0.4) is 0 Å². The SMILES string of the molecule is CC(C=CC=C(C)C=CC1C(C)=CCC(CC=C(C)CO)C1(C)C)=CC=CC=C(C)C=CC=C(C)C=CC1C(C)=CCC(CC(C)=C(C)CO)C1(C)C. The second kappa shape index (κ2) is 22.0. The molecule has 0 saturated carbocycles. The molecule has 0 aromatic heterocycles. The van der Waals surface area contributed by atoms with Crippen LogP contribution in [0.15, 0.2) is 153 Å². The first-order valence-electron chi connectivity index (χ1n) is 19.9. The van der Waals surface area contributed by atoms with E-state index in [0.29, 0.717) is 23.7 Å². The van der Waals surface area contributed by atoms with Gasteiger partial charge in [-0.15, -0.1) is 0 Å². The Kier molecular flexibility index (Phi) is 19.0. The van der Waals surface area contributed by atoms with Gasteiger partial charge in [-0.05, 0) is 116 Å². The summed E-state index contributed by atoms with van der Waals surface area (Å²) in [6.07, 6.45) is 42.1. The maximum Gasteiger partial charge on any atom is 0.0641 e. The molecule has 2 aliphatic rings. The molecule has 2 rings (SSSR count). The van der Waals surface area contributed by atoms with Gasteiger partial charge in [-0.3, -0.25) is 0 Å². The largest absolute Gasteiger partial charge is 0.392 e. The fourth-order valence-corrected chi connectivity index (χ4v) is 7.67. The van der Waals surface area contributed by atoms with Crippen LogP contribution in [0.25, 0.3) is 0 Å². The van der Waals surface area contributed by atoms with E-state index in [1.807, 2.05) is 13.8 Å². The van der Waals surface area contributed by atoms with Gasteiger partial charge in [0.2, 0.25) is 0 Å². The van der Waals surface area contributed by atoms with Crippen molar-refractivity contribution in [1.82, 2.24) is 0 Å². The molecule has 0 spiro atoms. The van der Waals surface area contributed by atoms with Crippen LogP contribution >= 0.6 is 0 Å². The summed E-state index contributed by atoms with van der Waals surface area (Å²) >= 11 is 0. The number of hydrogen-bond acceptors (Lipinski definition) is 2. The number of rotatable bonds is 16. The molecule has 2 N–H and O–H groups in total. The van der Waals surface area contributed by atoms with Crippen LogP contribution in [0.1, 0.15) is 116 Å². The Labute approximate surface area is 326 Å². The lowest BCUT2D eigenvalue weighted by atomic mass is 9.60. The first-order valence-corrected chi connectivity index (χ1v) is 19.9. The van der Waals surface area contributed by atoms with Gasteiger partial charge in [-0.2, -0.15) is 0 Å². The smallest absolute Gasteiger partial charge is 0.0641 e. The topological polar surface area (TPSA) is 40.5 Å². The van der Waals surface area contributed by atoms with Crippen molar-refractivity contribution in [2.75, 3.05) is 13.2 Å². The van der Waals surface area contributed by atoms with Gasteiger partial charge in [0.1, 0.15) is 0 Å². The predicted octanol–water partition coefficient (Wildman–Crippen LogP) is 13.8. The van der Waals surface area contributed by atoms with E-state index in [2.05, 4.69) is 179 Å². The maximum atomic E-state index is 9.59. The van der Waals surface area contributed by atoms with E-state index in [9.17, 15) is 10.2 Å². The minimum atomic E-state index is 0.144. The molecule has 0 aliphatic heterocycles. The Morgan fingerprint density at radius 2 is 1.00 bits per heavy atom. The molecule has 0 radical (unpaired) electrons. The fraction of sp³-hybridized carbons (Fsp3) is 0.490. The standard InChI is InChI=1S/C51H74O2/c1-37(20-16-22-39(3)25-32-48-42(6)27-30-46(50(48,10)11)29-24-41(5)35-52)18-14-15-19-38(2)21-17-23-40(4)26-33-49-43(7)28-31-47(51(49,12)13)34-44(8)45(9)36-53/h14-28,32-33,46-49,52-53H,29-31,34-36H2,1-13H3. The van der Waals surface area contributed by atoms with Crippen LogP contribution in [0.2, 0.25) is 0 Å². The van der Waals surface area contributed by atoms with Crippen molar-refractivity contribution in [2.45, 2.75) is 116 Å². The summed E-state index contributed by atoms with van der Waals surface area (Å²) in [7, 11) is 0. The molecule has 0 aromatic rings. The summed E-state index contributed by atoms with van der Waals surface area (Å²) in [6.45, 7) is 29.3. The Morgan fingerprint density at radius 1 is 0.585 bits per heavy atom. The quantitative estimate of drug-likeness (QED) is 0.123. The van der Waals surface area contributed by atoms with Gasteiger partial charge in [-0.1, -0.05) is 176 Å². The summed E-state index contributed by atoms with van der Waals surface area (Å²) in [5.41, 5.74) is 11.6. The molecule has 2 aliphatic carbocycles. The van der Waals surface area contributed by atoms with E-state index in [1.165, 1.54) is 39.0 Å². The molecular weight excluding hydrogens is 645 g/mol. The zero-order valence-electron chi connectivity index (χ0n) is 35.8. The predicted molar refractivity (Wildman–Crippen MR) is 235 cm³/mol. The highest BCUT2D eigenvalue weighted by Crippen LogP contribution is 2.49. The highest BCUT2D eigenvalue weighted by atomic mass is 16.3. The van der Waals surface area contributed by atoms with Crippen LogP contribution in [0, 0.1) is 34.5 Å². The van der Waals surface area contributed by atoms with E-state index in [0.717, 1.165) is 36.8 Å². The maximum absolute atomic E-state index is 9.59. The number of aliphatic hydroxyl groups excluding tert-OH is 2. The van der Waals surface area contributed by atoms with Gasteiger partial charge >= 0.3 is 0 Å². The third kappa shape index (κ3) is 14.7. The van der Waals surface area contributed by atoms with Crippen molar-refractivity contribution in [1.29, 1.82) is 0 Å². The van der Waals surface area contributed by atoms with Gasteiger partial charge in [0.15, 0.2) is 0 Å². The highest BCUT2D eigenvalue weighted by molar-refractivity contribution is 5.33. The zero-order chi connectivity index (χ0) is 39.8. The minimum absolute atomic E-state index is 0.144. The molecule has 0 saturated heterocycles. The summed E-state index contributed by atoms with van der Waals surface area (Å²) in [5, 5.41) is 19.0. The summed E-state index contributed by atoms with van der Waals surface area (Å²) in [5.74, 6) is 1.92. The van der Waals surface area contributed by atoms with Gasteiger partial charge in [0, 0.05) is 11.8 Å². The van der Waals surface area contributed by atoms with Gasteiger partial charge < -0.3 is 10.2 Å². The van der Waals surface area contributed by atoms with Gasteiger partial charge in [-0.25, -0.2) is 0 Å². The molecule has 0 bridgehead atoms. The Balaban J connectivity index is 1.96. The van der Waals surface area contributed by atoms with Crippen LogP contribution in [0.4, 0.5) is 0 Å². The molecular formula is C51H74O2. The second-order valence-electron chi connectivity index (χ2n) is 17.2. The molecule has 0 aromatic carbocycles. The van der Waals surface area contributed by atoms with Gasteiger partial charge in [0.25, 0.3) is 0 Å². The van der Waals surface area contributed by atoms with Crippen LogP contribution < -0.4 is 0 Å². The summed E-state index contributed by atoms with van der Waals surface area (Å²) < 4.78 is 0. The normalized spacial score (nSPS) is 25.7. The minimum Gasteiger partial charge on any atom is -0.392 e. The highest BCUT2D eigenvalue weighted by Gasteiger charge is 2.39. The van der Waals surface area contributed by atoms with Crippen molar-refractivity contribution in [3.05, 3.63) is 153 Å². The Bertz CT molecular complexity index is 1630. The molecule has 4 atom stereocenters. The van der Waals surface area contributed by atoms with Crippen LogP contribution in [-0.2, 0) is 0 Å². The fourth-order valence-electron chi connectivity index (χ4n) is 7.67. The lowest BCUT2D eigenvalue weighted by Gasteiger charge is -2.44. The van der Waals surface area contributed by atoms with Crippen molar-refractivity contribution < 1.29 is 10.2 Å². The molecule has 0 heterocycles. The number of allylic oxidation sites excluding steroid dienone is 24. The zero-order valence-corrected chi connectivity index (χ0v) is 35.8. The average Bonchev–Trinajstić information content (AvgIpc) is 3.09. The molecule has 53 heavy (non-hydrogen) atoms. The number of aliphatic hydroxyl groups is 2. The summed E-state index contributed by atoms with van der Waals surface area (Å²) in [4.78, 5) is 0. The van der Waals surface area contributed by atoms with Crippen LogP contribution in [0.5, 0.6) is 0 Å². The molecule has 0 fully saturated rings. The third-order valence-corrected chi connectivity index (χ3v) is 12.0. The lowest BCUT2D eigenvalue weighted by molar-refractivity contribution is 0.151. The van der Waals surface area contributed by atoms with Crippen molar-refractivity contribution in [3.8, 4) is 0 Å². The molecule has 2 heteroatoms. The average molecular weight is 719 g/mol. The van der Waals surface area contributed by atoms with E-state index in [1.54, 1.807) is 0 Å². The van der Waals surface area contributed by atoms with Crippen molar-refractivity contribution in [3.63, 3.8) is 0 Å². The monoisotopic (exact) mass is 719 g/mol. The third-order valence-electron chi connectivity index (χ3n) is 12.0. The van der Waals surface area contributed by atoms with E-state index >= 15 is 0 Å². The molecule has 2 nitrogen and oxygen atoms in total. The molecule has 290 valence electrons. The first-order chi connectivity index (χ1) is 24.9. The van der Waals surface area contributed by atoms with Crippen LogP contribution in [-0.4, -0.2) is 23.4 Å². The van der Waals surface area contributed by atoms with E-state index < -0.39 is 0 Å². The summed E-state index contributed by atoms with van der Waals surface area (Å²) in [6, 6.07) is 0. The van der Waals surface area contributed by atoms with Crippen molar-refractivity contribution >= 4 is 0 Å². The second-order valence-corrected chi connectivity index (χ2v) is 17.2. The molecule has 0 amide bonds. The lowest BCUT2D eigenvalue weighted by Crippen LogP contribution is -2.35. The Morgan fingerprint density at radius 3 is 1.45 bits per heavy atom. The molecule has 4 unspecified atom stereocenters. The van der Waals surface area contributed by atoms with Gasteiger partial charge in [0.05, 0.1) is 13.2 Å².